The minimum absolute atomic E-state index is 0.0525. The molecule has 1 N–H and O–H groups in total. The monoisotopic (exact) mass is 449 g/mol. The zero-order valence-electron chi connectivity index (χ0n) is 18.8. The van der Waals surface area contributed by atoms with Gasteiger partial charge in [0.25, 0.3) is 5.56 Å². The number of carbonyl (C=O) groups is 3. The highest BCUT2D eigenvalue weighted by Crippen LogP contribution is 2.13. The number of esters is 1. The number of hydrogen-bond donors (Lipinski definition) is 1. The van der Waals surface area contributed by atoms with Gasteiger partial charge in [-0.3, -0.25) is 19.2 Å². The zero-order chi connectivity index (χ0) is 23.8. The number of rotatable bonds is 10. The van der Waals surface area contributed by atoms with E-state index in [0.29, 0.717) is 29.0 Å². The number of nitrogens with zero attached hydrogens (tertiary/aromatic N) is 2. The van der Waals surface area contributed by atoms with Crippen LogP contribution in [0.5, 0.6) is 0 Å². The van der Waals surface area contributed by atoms with Gasteiger partial charge < -0.3 is 14.6 Å². The van der Waals surface area contributed by atoms with Crippen LogP contribution in [0.2, 0.25) is 0 Å². The molecule has 3 aromatic rings. The number of hydrogen-bond acceptors (Lipinski definition) is 6. The van der Waals surface area contributed by atoms with Crippen molar-refractivity contribution >= 4 is 34.4 Å². The van der Waals surface area contributed by atoms with Crippen LogP contribution in [-0.4, -0.2) is 33.8 Å². The third kappa shape index (κ3) is 6.35. The van der Waals surface area contributed by atoms with Crippen molar-refractivity contribution in [2.75, 3.05) is 11.9 Å². The maximum absolute atomic E-state index is 12.9. The Labute approximate surface area is 191 Å². The molecule has 2 aromatic carbocycles. The summed E-state index contributed by atoms with van der Waals surface area (Å²) in [6.07, 6.45) is 1.90. The highest BCUT2D eigenvalue weighted by atomic mass is 16.5. The molecule has 0 saturated heterocycles. The molecule has 0 aliphatic carbocycles. The lowest BCUT2D eigenvalue weighted by Gasteiger charge is -2.12. The van der Waals surface area contributed by atoms with Crippen LogP contribution >= 0.6 is 0 Å². The van der Waals surface area contributed by atoms with Gasteiger partial charge in [0.1, 0.15) is 5.69 Å². The van der Waals surface area contributed by atoms with Gasteiger partial charge >= 0.3 is 5.97 Å². The van der Waals surface area contributed by atoms with E-state index >= 15 is 0 Å². The number of nitrogens with one attached hydrogen (secondary N) is 1. The van der Waals surface area contributed by atoms with E-state index in [1.165, 1.54) is 6.92 Å². The SMILES string of the molecule is CCCCn1c(=O)c(CCC(=O)OCC(=O)c2ccc(NC(C)=O)cc2)nc2ccccc21. The quantitative estimate of drug-likeness (QED) is 0.375. The molecule has 0 atom stereocenters. The van der Waals surface area contributed by atoms with Crippen LogP contribution in [0.3, 0.4) is 0 Å². The van der Waals surface area contributed by atoms with Crippen molar-refractivity contribution in [2.45, 2.75) is 46.1 Å². The summed E-state index contributed by atoms with van der Waals surface area (Å²) in [5, 5.41) is 2.62. The summed E-state index contributed by atoms with van der Waals surface area (Å²) in [5.41, 5.74) is 2.52. The van der Waals surface area contributed by atoms with Gasteiger partial charge in [-0.15, -0.1) is 0 Å². The molecule has 33 heavy (non-hydrogen) atoms. The highest BCUT2D eigenvalue weighted by Gasteiger charge is 2.14. The summed E-state index contributed by atoms with van der Waals surface area (Å²) in [7, 11) is 0. The van der Waals surface area contributed by atoms with Gasteiger partial charge in [0.2, 0.25) is 5.91 Å². The van der Waals surface area contributed by atoms with E-state index in [2.05, 4.69) is 17.2 Å². The molecule has 0 saturated carbocycles. The predicted octanol–water partition coefficient (Wildman–Crippen LogP) is 3.51. The van der Waals surface area contributed by atoms with Crippen LogP contribution in [0.1, 0.15) is 49.2 Å². The first-order valence-electron chi connectivity index (χ1n) is 10.9. The lowest BCUT2D eigenvalue weighted by molar-refractivity contribution is -0.142. The van der Waals surface area contributed by atoms with Gasteiger partial charge in [0.15, 0.2) is 12.4 Å². The van der Waals surface area contributed by atoms with Crippen molar-refractivity contribution in [3.05, 3.63) is 70.1 Å². The van der Waals surface area contributed by atoms with E-state index < -0.39 is 12.6 Å². The summed E-state index contributed by atoms with van der Waals surface area (Å²) in [6, 6.07) is 13.7. The molecule has 8 heteroatoms. The molecule has 0 fully saturated rings. The number of carbonyl (C=O) groups excluding carboxylic acids is 3. The van der Waals surface area contributed by atoms with Crippen LogP contribution in [-0.2, 0) is 27.3 Å². The number of fused-ring (bicyclic) bond motifs is 1. The van der Waals surface area contributed by atoms with Gasteiger partial charge in [-0.25, -0.2) is 4.98 Å². The molecule has 0 spiro atoms. The lowest BCUT2D eigenvalue weighted by atomic mass is 10.1. The fourth-order valence-electron chi connectivity index (χ4n) is 3.41. The Morgan fingerprint density at radius 1 is 1.06 bits per heavy atom. The first-order chi connectivity index (χ1) is 15.9. The van der Waals surface area contributed by atoms with Gasteiger partial charge in [-0.2, -0.15) is 0 Å². The van der Waals surface area contributed by atoms with Gasteiger partial charge in [0.05, 0.1) is 17.5 Å². The van der Waals surface area contributed by atoms with E-state index in [9.17, 15) is 19.2 Å². The van der Waals surface area contributed by atoms with Crippen molar-refractivity contribution < 1.29 is 19.1 Å². The number of aromatic nitrogens is 2. The van der Waals surface area contributed by atoms with Gasteiger partial charge in [0, 0.05) is 31.1 Å². The molecular weight excluding hydrogens is 422 g/mol. The second-order valence-electron chi connectivity index (χ2n) is 7.70. The van der Waals surface area contributed by atoms with Crippen molar-refractivity contribution in [1.29, 1.82) is 0 Å². The number of benzene rings is 2. The Morgan fingerprint density at radius 2 is 1.79 bits per heavy atom. The summed E-state index contributed by atoms with van der Waals surface area (Å²) < 4.78 is 6.81. The maximum atomic E-state index is 12.9. The first-order valence-corrected chi connectivity index (χ1v) is 10.9. The second kappa shape index (κ2) is 11.2. The summed E-state index contributed by atoms with van der Waals surface area (Å²) in [6.45, 7) is 3.64. The molecule has 8 nitrogen and oxygen atoms in total. The normalized spacial score (nSPS) is 10.7. The minimum atomic E-state index is -0.576. The molecule has 3 rings (SSSR count). The summed E-state index contributed by atoms with van der Waals surface area (Å²) in [5.74, 6) is -1.14. The molecule has 1 aromatic heterocycles. The molecule has 0 bridgehead atoms. The Morgan fingerprint density at radius 3 is 2.48 bits per heavy atom. The van der Waals surface area contributed by atoms with Gasteiger partial charge in [-0.1, -0.05) is 25.5 Å². The van der Waals surface area contributed by atoms with Crippen molar-refractivity contribution in [3.63, 3.8) is 0 Å². The number of ether oxygens (including phenoxy) is 1. The van der Waals surface area contributed by atoms with E-state index in [1.54, 1.807) is 28.8 Å². The highest BCUT2D eigenvalue weighted by molar-refractivity contribution is 5.98. The molecule has 0 aliphatic rings. The number of amides is 1. The number of para-hydroxylation sites is 2. The zero-order valence-corrected chi connectivity index (χ0v) is 18.8. The average Bonchev–Trinajstić information content (AvgIpc) is 2.81. The topological polar surface area (TPSA) is 107 Å². The molecule has 0 unspecified atom stereocenters. The maximum Gasteiger partial charge on any atom is 0.306 e. The lowest BCUT2D eigenvalue weighted by Crippen LogP contribution is -2.26. The second-order valence-corrected chi connectivity index (χ2v) is 7.70. The van der Waals surface area contributed by atoms with E-state index in [0.717, 1.165) is 18.4 Å². The fraction of sp³-hybridized carbons (Fsp3) is 0.320. The number of unbranched alkanes of at least 4 members (excludes halogenated alkanes) is 1. The molecule has 0 aliphatic heterocycles. The largest absolute Gasteiger partial charge is 0.457 e. The predicted molar refractivity (Wildman–Crippen MR) is 125 cm³/mol. The molecule has 0 radical (unpaired) electrons. The van der Waals surface area contributed by atoms with Crippen LogP contribution in [0.25, 0.3) is 11.0 Å². The standard InChI is InChI=1S/C25H27N3O5/c1-3-4-15-28-22-8-6-5-7-20(22)27-21(25(28)32)13-14-24(31)33-16-23(30)18-9-11-19(12-10-18)26-17(2)29/h5-12H,3-4,13-16H2,1-2H3,(H,26,29). The van der Waals surface area contributed by atoms with E-state index in [1.807, 2.05) is 24.3 Å². The Bertz CT molecular complexity index is 1210. The Balaban J connectivity index is 1.60. The van der Waals surface area contributed by atoms with Crippen LogP contribution in [0, 0.1) is 0 Å². The molecule has 172 valence electrons. The van der Waals surface area contributed by atoms with Crippen LogP contribution in [0.15, 0.2) is 53.3 Å². The van der Waals surface area contributed by atoms with Crippen LogP contribution < -0.4 is 10.9 Å². The molecule has 1 amide bonds. The third-order valence-corrected chi connectivity index (χ3v) is 5.11. The van der Waals surface area contributed by atoms with E-state index in [4.69, 9.17) is 4.74 Å². The molecular formula is C25H27N3O5. The summed E-state index contributed by atoms with van der Waals surface area (Å²) in [4.78, 5) is 52.9. The molecule has 1 heterocycles. The number of ketones is 1. The fourth-order valence-corrected chi connectivity index (χ4v) is 3.41. The minimum Gasteiger partial charge on any atom is -0.457 e. The number of aryl methyl sites for hydroxylation is 2. The van der Waals surface area contributed by atoms with Crippen molar-refractivity contribution in [3.8, 4) is 0 Å². The Kier molecular flexibility index (Phi) is 8.07. The van der Waals surface area contributed by atoms with E-state index in [-0.39, 0.29) is 30.1 Å². The summed E-state index contributed by atoms with van der Waals surface area (Å²) >= 11 is 0. The first kappa shape index (κ1) is 23.8. The van der Waals surface area contributed by atoms with Crippen LogP contribution in [0.4, 0.5) is 5.69 Å². The smallest absolute Gasteiger partial charge is 0.306 e. The number of anilines is 1. The average molecular weight is 450 g/mol. The Hall–Kier alpha value is -3.81. The van der Waals surface area contributed by atoms with Gasteiger partial charge in [-0.05, 0) is 42.8 Å². The van der Waals surface area contributed by atoms with Crippen molar-refractivity contribution in [2.24, 2.45) is 0 Å². The third-order valence-electron chi connectivity index (χ3n) is 5.11. The number of Topliss-reactive ketones (excluding diaryl/α,β-unsaturated/α-hetero) is 1. The van der Waals surface area contributed by atoms with Crippen molar-refractivity contribution in [1.82, 2.24) is 9.55 Å².